The summed E-state index contributed by atoms with van der Waals surface area (Å²) in [6.45, 7) is 14.2. The number of Topliss-reactive ketones (excluding diaryl/α,β-unsaturated/α-hetero) is 5. The molecule has 2 aliphatic heterocycles. The van der Waals surface area contributed by atoms with Crippen LogP contribution in [0, 0.1) is 23.7 Å². The minimum atomic E-state index is -4.33. The second-order valence-electron chi connectivity index (χ2n) is 21.0. The summed E-state index contributed by atoms with van der Waals surface area (Å²) in [5.74, 6) is -25.3. The fourth-order valence-corrected chi connectivity index (χ4v) is 8.93. The monoisotopic (exact) mass is 1110 g/mol. The van der Waals surface area contributed by atoms with Gasteiger partial charge in [0.2, 0.25) is 52.5 Å². The summed E-state index contributed by atoms with van der Waals surface area (Å²) < 4.78 is 59.8. The number of carbonyl (C=O) groups is 12. The van der Waals surface area contributed by atoms with Gasteiger partial charge < -0.3 is 36.2 Å². The SMILES string of the molecule is CC(C)[C@H](NC(=O)C(=O)O)C(=O)N1CCCC1C(=O)N[C@H](C(=O)C(F)(F)C(=O)CCc1ccccc1)C(C)C.CCC(=O)C(=O)N[C@H](C(=O)N1CCCC1C(=O)N[C@H](C(=O)C(F)(F)C(=O)CCc1ccccc1)C(C)C)C(C)C. The maximum absolute atomic E-state index is 15.0. The first-order chi connectivity index (χ1) is 36.9. The molecule has 4 rings (SSSR count). The summed E-state index contributed by atoms with van der Waals surface area (Å²) in [7, 11) is 0. The molecule has 19 nitrogen and oxygen atoms in total. The molecule has 434 valence electrons. The number of aryl methyl sites for hydroxylation is 2. The van der Waals surface area contributed by atoms with Crippen LogP contribution in [0.15, 0.2) is 60.7 Å². The summed E-state index contributed by atoms with van der Waals surface area (Å²) in [5, 5.41) is 18.1. The molecule has 6 atom stereocenters. The number of aliphatic carboxylic acids is 1. The average molecular weight is 1120 g/mol. The van der Waals surface area contributed by atoms with Crippen LogP contribution in [0.2, 0.25) is 0 Å². The lowest BCUT2D eigenvalue weighted by Gasteiger charge is -2.32. The van der Waals surface area contributed by atoms with E-state index in [-0.39, 0.29) is 45.2 Å². The van der Waals surface area contributed by atoms with Gasteiger partial charge in [0.05, 0.1) is 12.1 Å². The topological polar surface area (TPSA) is 280 Å². The molecule has 23 heteroatoms. The smallest absolute Gasteiger partial charge is 0.394 e. The predicted molar refractivity (Wildman–Crippen MR) is 279 cm³/mol. The first-order valence-electron chi connectivity index (χ1n) is 26.5. The zero-order chi connectivity index (χ0) is 59.7. The van der Waals surface area contributed by atoms with E-state index in [4.69, 9.17) is 5.11 Å². The van der Waals surface area contributed by atoms with Gasteiger partial charge in [-0.05, 0) is 73.3 Å². The van der Waals surface area contributed by atoms with Crippen molar-refractivity contribution < 1.29 is 80.2 Å². The Morgan fingerprint density at radius 2 is 0.848 bits per heavy atom. The number of benzene rings is 2. The lowest BCUT2D eigenvalue weighted by atomic mass is 9.91. The maximum Gasteiger partial charge on any atom is 0.394 e. The number of alkyl halides is 4. The molecule has 2 aromatic rings. The first kappa shape index (κ1) is 66.1. The summed E-state index contributed by atoms with van der Waals surface area (Å²) in [5.41, 5.74) is 1.34. The number of ketones is 5. The van der Waals surface area contributed by atoms with Crippen molar-refractivity contribution in [3.63, 3.8) is 0 Å². The van der Waals surface area contributed by atoms with E-state index in [1.165, 1.54) is 39.5 Å². The number of nitrogens with one attached hydrogen (secondary N) is 4. The van der Waals surface area contributed by atoms with E-state index in [0.717, 1.165) is 4.90 Å². The highest BCUT2D eigenvalue weighted by Gasteiger charge is 2.53. The van der Waals surface area contributed by atoms with Gasteiger partial charge in [-0.2, -0.15) is 17.6 Å². The largest absolute Gasteiger partial charge is 0.474 e. The van der Waals surface area contributed by atoms with Crippen molar-refractivity contribution in [2.24, 2.45) is 23.7 Å². The normalized spacial score (nSPS) is 17.0. The number of hydrogen-bond donors (Lipinski definition) is 5. The minimum absolute atomic E-state index is 0.0236. The molecule has 2 unspecified atom stereocenters. The Balaban J connectivity index is 0.000000415. The number of carbonyl (C=O) groups excluding carboxylic acids is 11. The number of carboxylic acids is 1. The third kappa shape index (κ3) is 17.9. The molecule has 0 aromatic heterocycles. The summed E-state index contributed by atoms with van der Waals surface area (Å²) in [4.78, 5) is 152. The Morgan fingerprint density at radius 1 is 0.519 bits per heavy atom. The molecule has 0 radical (unpaired) electrons. The summed E-state index contributed by atoms with van der Waals surface area (Å²) >= 11 is 0. The second-order valence-corrected chi connectivity index (χ2v) is 21.0. The molecular formula is C56H74F4N6O13. The molecule has 2 aromatic carbocycles. The van der Waals surface area contributed by atoms with Crippen LogP contribution in [0.25, 0.3) is 0 Å². The number of hydrogen-bond acceptors (Lipinski definition) is 12. The van der Waals surface area contributed by atoms with Crippen LogP contribution >= 0.6 is 0 Å². The second kappa shape index (κ2) is 29.7. The highest BCUT2D eigenvalue weighted by molar-refractivity contribution is 6.36. The van der Waals surface area contributed by atoms with Gasteiger partial charge in [0, 0.05) is 32.4 Å². The minimum Gasteiger partial charge on any atom is -0.474 e. The highest BCUT2D eigenvalue weighted by atomic mass is 19.3. The third-order valence-electron chi connectivity index (χ3n) is 13.7. The standard InChI is InChI=1S/C29H39F2N3O6.C27H35F2N3O7/c1-6-21(35)27(39)33-24(18(4)5)28(40)34-16-10-13-20(34)26(38)32-23(17(2)3)25(37)29(30,31)22(36)15-14-19-11-8-7-9-12-19;1-15(2)20(22(34)27(28,29)19(33)13-12-17-9-6-5-7-10-17)30-23(35)18-11-8-14-32(18)25(37)21(16(3)4)31-24(36)26(38)39/h7-9,11-12,17-18,20,23-24H,6,10,13-16H2,1-5H3,(H,32,38)(H,33,39);5-7,9-10,15-16,18,20-21H,8,11-14H2,1-4H3,(H,30,35)(H,31,36)(H,38,39)/t20?,23-,24-;18?,20-,21-/m00/s1. The third-order valence-corrected chi connectivity index (χ3v) is 13.7. The Bertz CT molecular complexity index is 2540. The molecule has 79 heavy (non-hydrogen) atoms. The predicted octanol–water partition coefficient (Wildman–Crippen LogP) is 4.39. The van der Waals surface area contributed by atoms with E-state index in [9.17, 15) is 75.1 Å². The first-order valence-corrected chi connectivity index (χ1v) is 26.5. The zero-order valence-corrected chi connectivity index (χ0v) is 46.1. The lowest BCUT2D eigenvalue weighted by molar-refractivity contribution is -0.160. The maximum atomic E-state index is 15.0. The van der Waals surface area contributed by atoms with Crippen LogP contribution in [0.4, 0.5) is 17.6 Å². The van der Waals surface area contributed by atoms with Crippen molar-refractivity contribution >= 4 is 70.3 Å². The van der Waals surface area contributed by atoms with Crippen LogP contribution < -0.4 is 21.3 Å². The highest BCUT2D eigenvalue weighted by Crippen LogP contribution is 2.28. The van der Waals surface area contributed by atoms with Crippen LogP contribution in [0.1, 0.15) is 118 Å². The van der Waals surface area contributed by atoms with Gasteiger partial charge in [-0.15, -0.1) is 0 Å². The van der Waals surface area contributed by atoms with Crippen LogP contribution in [0.3, 0.4) is 0 Å². The number of likely N-dealkylation sites (tertiary alicyclic amines) is 2. The van der Waals surface area contributed by atoms with Gasteiger partial charge in [0.15, 0.2) is 0 Å². The average Bonchev–Trinajstić information content (AvgIpc) is 4.14. The van der Waals surface area contributed by atoms with Crippen LogP contribution in [-0.4, -0.2) is 146 Å². The van der Waals surface area contributed by atoms with Crippen LogP contribution in [-0.2, 0) is 70.4 Å². The van der Waals surface area contributed by atoms with Crippen molar-refractivity contribution in [1.82, 2.24) is 31.1 Å². The molecule has 2 fully saturated rings. The van der Waals surface area contributed by atoms with E-state index in [0.29, 0.717) is 24.0 Å². The molecule has 0 bridgehead atoms. The van der Waals surface area contributed by atoms with Crippen molar-refractivity contribution in [2.45, 2.75) is 168 Å². The molecular weight excluding hydrogens is 1040 g/mol. The molecule has 5 N–H and O–H groups in total. The van der Waals surface area contributed by atoms with Gasteiger partial charge in [-0.1, -0.05) is 123 Å². The van der Waals surface area contributed by atoms with E-state index < -0.39 is 155 Å². The van der Waals surface area contributed by atoms with Gasteiger partial charge in [0.25, 0.3) is 5.91 Å². The number of nitrogens with zero attached hydrogens (tertiary/aromatic N) is 2. The Kier molecular flexibility index (Phi) is 24.8. The van der Waals surface area contributed by atoms with Crippen molar-refractivity contribution in [1.29, 1.82) is 0 Å². The lowest BCUT2D eigenvalue weighted by Crippen LogP contribution is -2.59. The van der Waals surface area contributed by atoms with E-state index in [1.807, 2.05) is 0 Å². The molecule has 2 heterocycles. The quantitative estimate of drug-likeness (QED) is 0.0497. The van der Waals surface area contributed by atoms with Crippen LogP contribution in [0.5, 0.6) is 0 Å². The number of rotatable bonds is 26. The zero-order valence-electron chi connectivity index (χ0n) is 46.1. The summed E-state index contributed by atoms with van der Waals surface area (Å²) in [6.07, 6.45) is 0.120. The molecule has 6 amide bonds. The van der Waals surface area contributed by atoms with Gasteiger partial charge >= 0.3 is 23.7 Å². The molecule has 0 saturated carbocycles. The Morgan fingerprint density at radius 3 is 1.15 bits per heavy atom. The fourth-order valence-electron chi connectivity index (χ4n) is 8.93. The van der Waals surface area contributed by atoms with Gasteiger partial charge in [0.1, 0.15) is 24.2 Å². The molecule has 2 aliphatic rings. The number of amides is 6. The van der Waals surface area contributed by atoms with Crippen molar-refractivity contribution in [3.8, 4) is 0 Å². The number of halogens is 4. The Labute approximate surface area is 457 Å². The van der Waals surface area contributed by atoms with E-state index in [2.05, 4.69) is 21.3 Å². The van der Waals surface area contributed by atoms with Crippen molar-refractivity contribution in [2.75, 3.05) is 13.1 Å². The molecule has 0 aliphatic carbocycles. The Hall–Kier alpha value is -7.20. The molecule has 0 spiro atoms. The number of carboxylic acid groups (broad SMARTS) is 1. The fraction of sp³-hybridized carbons (Fsp3) is 0.571. The van der Waals surface area contributed by atoms with E-state index in [1.54, 1.807) is 88.4 Å². The molecule has 2 saturated heterocycles. The summed E-state index contributed by atoms with van der Waals surface area (Å²) in [6, 6.07) is 9.20. The van der Waals surface area contributed by atoms with Gasteiger partial charge in [-0.3, -0.25) is 52.7 Å². The van der Waals surface area contributed by atoms with Crippen molar-refractivity contribution in [3.05, 3.63) is 71.8 Å². The van der Waals surface area contributed by atoms with Gasteiger partial charge in [-0.25, -0.2) is 4.79 Å². The van der Waals surface area contributed by atoms with E-state index >= 15 is 0 Å².